The van der Waals surface area contributed by atoms with Crippen molar-refractivity contribution in [3.63, 3.8) is 0 Å². The third-order valence-corrected chi connectivity index (χ3v) is 21.4. The summed E-state index contributed by atoms with van der Waals surface area (Å²) in [7, 11) is 1.77. The topological polar surface area (TPSA) is 624 Å². The molecule has 620 valence electrons. The summed E-state index contributed by atoms with van der Waals surface area (Å²) >= 11 is 0. The molecule has 0 radical (unpaired) electrons. The number of guanidine groups is 1. The molecule has 4 heterocycles. The van der Waals surface area contributed by atoms with E-state index in [0.717, 1.165) is 21.6 Å². The van der Waals surface area contributed by atoms with Crippen LogP contribution in [0.1, 0.15) is 117 Å². The van der Waals surface area contributed by atoms with Gasteiger partial charge in [-0.1, -0.05) is 112 Å². The summed E-state index contributed by atoms with van der Waals surface area (Å²) in [6.07, 6.45) is 2.95. The van der Waals surface area contributed by atoms with E-state index < -0.39 is 217 Å². The molecule has 1 aliphatic rings. The number of benzene rings is 2. The molecule has 1 saturated heterocycles. The second-order valence-electron chi connectivity index (χ2n) is 28.1. The lowest BCUT2D eigenvalue weighted by molar-refractivity contribution is -0.141. The molecule has 14 atom stereocenters. The van der Waals surface area contributed by atoms with Gasteiger partial charge < -0.3 is 112 Å². The van der Waals surface area contributed by atoms with Crippen molar-refractivity contribution in [2.24, 2.45) is 35.0 Å². The molecular weight excluding hydrogens is 1520 g/mol. The summed E-state index contributed by atoms with van der Waals surface area (Å²) < 4.78 is 0. The Morgan fingerprint density at radius 1 is 0.596 bits per heavy atom. The van der Waals surface area contributed by atoms with Gasteiger partial charge in [-0.05, 0) is 67.2 Å². The summed E-state index contributed by atoms with van der Waals surface area (Å²) in [5.41, 5.74) is 19.4. The van der Waals surface area contributed by atoms with Crippen LogP contribution in [0.2, 0.25) is 0 Å². The van der Waals surface area contributed by atoms with Crippen molar-refractivity contribution < 1.29 is 81.8 Å². The van der Waals surface area contributed by atoms with Gasteiger partial charge in [0, 0.05) is 96.7 Å². The fourth-order valence-corrected chi connectivity index (χ4v) is 14.5. The molecule has 15 amide bonds. The number of imidazole rings is 1. The second kappa shape index (κ2) is 44.5. The summed E-state index contributed by atoms with van der Waals surface area (Å²) in [5, 5.41) is 55.1. The van der Waals surface area contributed by atoms with E-state index in [1.165, 1.54) is 32.6 Å². The number of amides is 15. The van der Waals surface area contributed by atoms with Crippen LogP contribution in [0, 0.1) is 23.2 Å². The van der Waals surface area contributed by atoms with Gasteiger partial charge >= 0.3 is 5.97 Å². The van der Waals surface area contributed by atoms with Crippen molar-refractivity contribution in [1.82, 2.24) is 94.4 Å². The van der Waals surface area contributed by atoms with Crippen molar-refractivity contribution in [3.05, 3.63) is 90.3 Å². The number of nitrogens with zero attached hydrogens (tertiary/aromatic N) is 1. The van der Waals surface area contributed by atoms with E-state index in [-0.39, 0.29) is 50.2 Å². The SMILES string of the molecule is CC[C@H](C)[C@H](NC(C)=O)C(=O)N[C@H]1CSSC[C@@H](C(=O)N[C@@H](C(N)=O)[C@@H](C)CC)NC(=O)[C@H](CCCNC(=N)N)NC(=O)[C@@H](Cc2cnc[nH]2)NC(=O)[C@H](C)NC(=O)CNC(=O)[C@H](Cc2c[nH]c3ccccc23)NC(=O)[C@@H](CC(=O)O)NC(=O)[C@H](CCC(N)=O)NC(=O)[C@H](Cc2c[nH]c3ccccc23)NC(=O)[C@H](C(C)C)NC1=O. The lowest BCUT2D eigenvalue weighted by Crippen LogP contribution is -2.61. The Labute approximate surface area is 664 Å². The lowest BCUT2D eigenvalue weighted by Gasteiger charge is -2.29. The zero-order valence-corrected chi connectivity index (χ0v) is 66.1. The number of H-pyrrole nitrogens is 3. The molecule has 3 aromatic heterocycles. The molecule has 25 N–H and O–H groups in total. The first-order valence-electron chi connectivity index (χ1n) is 37.1. The molecule has 41 heteroatoms. The number of para-hydroxylation sites is 2. The van der Waals surface area contributed by atoms with Crippen LogP contribution >= 0.6 is 21.6 Å². The molecule has 0 aliphatic carbocycles. The Morgan fingerprint density at radius 2 is 1.11 bits per heavy atom. The predicted molar refractivity (Wildman–Crippen MR) is 422 cm³/mol. The molecule has 0 bridgehead atoms. The predicted octanol–water partition coefficient (Wildman–Crippen LogP) is -2.99. The third-order valence-electron chi connectivity index (χ3n) is 18.9. The minimum absolute atomic E-state index is 0.0136. The normalized spacial score (nSPS) is 22.6. The van der Waals surface area contributed by atoms with Crippen LogP contribution in [-0.2, 0) is 96.0 Å². The first-order valence-corrected chi connectivity index (χ1v) is 39.6. The first-order chi connectivity index (χ1) is 54.1. The number of carboxylic acid groups (broad SMARTS) is 1. The summed E-state index contributed by atoms with van der Waals surface area (Å²) in [5.74, 6) is -19.6. The summed E-state index contributed by atoms with van der Waals surface area (Å²) in [6, 6.07) is -5.39. The maximum absolute atomic E-state index is 15.1. The maximum atomic E-state index is 15.1. The number of carboxylic acids is 1. The monoisotopic (exact) mass is 1620 g/mol. The van der Waals surface area contributed by atoms with Crippen LogP contribution in [0.15, 0.2) is 73.4 Å². The minimum Gasteiger partial charge on any atom is -0.481 e. The van der Waals surface area contributed by atoms with Crippen molar-refractivity contribution in [1.29, 1.82) is 5.41 Å². The van der Waals surface area contributed by atoms with E-state index in [9.17, 15) is 67.4 Å². The fourth-order valence-electron chi connectivity index (χ4n) is 12.1. The molecule has 1 fully saturated rings. The molecule has 1 aliphatic heterocycles. The summed E-state index contributed by atoms with van der Waals surface area (Å²) in [4.78, 5) is 239. The van der Waals surface area contributed by atoms with Gasteiger partial charge in [0.05, 0.1) is 19.3 Å². The standard InChI is InChI=1S/C73H104N22O17S2/c1-9-36(5)59(61(75)101)95-70(110)53-32-113-114-33-54(93-72(112)60(37(6)10-2)85-39(8)96)69(109)94-58(35(3)4)71(111)91-50(25-41-29-81-46-19-14-12-17-44(41)46)66(106)87-48(21-22-55(74)97)65(105)90-52(27-57(99)100)68(108)89-49(24-40-28-80-45-18-13-11-16-43(40)45)63(103)82-31-56(98)84-38(7)62(102)88-51(26-42-30-78-34-83-42)67(107)86-47(64(104)92-53)20-15-23-79-73(76)77/h11-14,16-19,28-30,34-38,47-54,58-60,80-81H,9-10,15,20-27,31-33H2,1-8H3,(H2,74,97)(H2,75,101)(H,78,83)(H,82,103)(H,84,98)(H,85,96)(H,86,107)(H,87,106)(H,88,102)(H,89,108)(H,90,105)(H,91,111)(H,92,104)(H,93,112)(H,94,109)(H,95,110)(H,99,100)(H4,76,77,79)/t36-,37-,38-,47-,48-,49-,50-,51+,52+,53-,54-,58-,59+,60-/m0/s1. The third kappa shape index (κ3) is 28.1. The Balaban J connectivity index is 1.48. The number of carbonyl (C=O) groups excluding carboxylic acids is 15. The van der Waals surface area contributed by atoms with E-state index in [2.05, 4.69) is 94.4 Å². The molecule has 6 rings (SSSR count). The zero-order chi connectivity index (χ0) is 84.0. The number of hydrogen-bond donors (Lipinski definition) is 22. The van der Waals surface area contributed by atoms with Crippen molar-refractivity contribution in [3.8, 4) is 0 Å². The number of aromatic nitrogens is 4. The van der Waals surface area contributed by atoms with Gasteiger partial charge in [-0.2, -0.15) is 0 Å². The van der Waals surface area contributed by atoms with Crippen molar-refractivity contribution in [2.75, 3.05) is 24.6 Å². The van der Waals surface area contributed by atoms with E-state index in [1.807, 2.05) is 0 Å². The number of aromatic amines is 3. The largest absolute Gasteiger partial charge is 0.481 e. The van der Waals surface area contributed by atoms with Crippen LogP contribution in [0.3, 0.4) is 0 Å². The molecule has 114 heavy (non-hydrogen) atoms. The molecule has 0 spiro atoms. The molecule has 5 aromatic rings. The fraction of sp³-hybridized carbons (Fsp3) is 0.507. The van der Waals surface area contributed by atoms with Crippen LogP contribution < -0.4 is 91.6 Å². The highest BCUT2D eigenvalue weighted by Crippen LogP contribution is 2.26. The average Bonchev–Trinajstić information content (AvgIpc) is 1.62. The molecular formula is C73H104N22O17S2. The number of nitrogens with two attached hydrogens (primary N) is 3. The highest BCUT2D eigenvalue weighted by Gasteiger charge is 2.39. The molecule has 0 unspecified atom stereocenters. The smallest absolute Gasteiger partial charge is 0.305 e. The van der Waals surface area contributed by atoms with Crippen LogP contribution in [0.4, 0.5) is 0 Å². The van der Waals surface area contributed by atoms with Crippen LogP contribution in [0.5, 0.6) is 0 Å². The van der Waals surface area contributed by atoms with E-state index in [0.29, 0.717) is 51.5 Å². The van der Waals surface area contributed by atoms with Gasteiger partial charge in [0.1, 0.15) is 72.5 Å². The minimum atomic E-state index is -2.05. The average molecular weight is 1630 g/mol. The Hall–Kier alpha value is -11.8. The number of nitrogens with one attached hydrogen (secondary N) is 18. The Morgan fingerprint density at radius 3 is 1.67 bits per heavy atom. The highest BCUT2D eigenvalue weighted by molar-refractivity contribution is 8.76. The van der Waals surface area contributed by atoms with Crippen LogP contribution in [-0.4, -0.2) is 223 Å². The van der Waals surface area contributed by atoms with Crippen molar-refractivity contribution >= 4 is 144 Å². The Kier molecular flexibility index (Phi) is 35.5. The quantitative estimate of drug-likeness (QED) is 0.0114. The maximum Gasteiger partial charge on any atom is 0.305 e. The number of fused-ring (bicyclic) bond motifs is 2. The van der Waals surface area contributed by atoms with E-state index in [1.54, 1.807) is 96.3 Å². The van der Waals surface area contributed by atoms with Gasteiger partial charge in [-0.3, -0.25) is 82.1 Å². The molecule has 0 saturated carbocycles. The number of carbonyl (C=O) groups is 16. The number of rotatable bonds is 26. The number of primary amides is 2. The van der Waals surface area contributed by atoms with Crippen LogP contribution in [0.25, 0.3) is 21.8 Å². The number of hydrogen-bond acceptors (Lipinski definition) is 20. The van der Waals surface area contributed by atoms with Gasteiger partial charge in [0.2, 0.25) is 88.6 Å². The first kappa shape index (κ1) is 91.1. The second-order valence-corrected chi connectivity index (χ2v) is 30.7. The summed E-state index contributed by atoms with van der Waals surface area (Å²) in [6.45, 7) is 11.5. The highest BCUT2D eigenvalue weighted by atomic mass is 33.1. The molecule has 39 nitrogen and oxygen atoms in total. The van der Waals surface area contributed by atoms with Gasteiger partial charge in [-0.25, -0.2) is 4.98 Å². The van der Waals surface area contributed by atoms with E-state index >= 15 is 14.4 Å². The van der Waals surface area contributed by atoms with Gasteiger partial charge in [-0.15, -0.1) is 0 Å². The van der Waals surface area contributed by atoms with E-state index in [4.69, 9.17) is 22.6 Å². The number of aliphatic carboxylic acids is 1. The Bertz CT molecular complexity index is 4270. The molecule has 2 aromatic carbocycles. The van der Waals surface area contributed by atoms with Gasteiger partial charge in [0.15, 0.2) is 5.96 Å². The van der Waals surface area contributed by atoms with Crippen molar-refractivity contribution in [2.45, 2.75) is 192 Å². The van der Waals surface area contributed by atoms with Gasteiger partial charge in [0.25, 0.3) is 0 Å². The zero-order valence-electron chi connectivity index (χ0n) is 64.5. The lowest BCUT2D eigenvalue weighted by atomic mass is 9.97.